The maximum Gasteiger partial charge on any atom is 0.228 e. The fourth-order valence-electron chi connectivity index (χ4n) is 2.80. The summed E-state index contributed by atoms with van der Waals surface area (Å²) in [5, 5.41) is 6.20. The van der Waals surface area contributed by atoms with E-state index in [1.165, 1.54) is 0 Å². The van der Waals surface area contributed by atoms with Crippen LogP contribution in [0.25, 0.3) is 11.4 Å². The number of piperidine rings is 1. The van der Waals surface area contributed by atoms with Crippen LogP contribution in [-0.4, -0.2) is 43.1 Å². The predicted molar refractivity (Wildman–Crippen MR) is 96.0 cm³/mol. The second-order valence-corrected chi connectivity index (χ2v) is 6.22. The zero-order chi connectivity index (χ0) is 16.9. The van der Waals surface area contributed by atoms with Crippen LogP contribution in [0.1, 0.15) is 12.8 Å². The molecule has 1 aliphatic rings. The number of nitrogens with one attached hydrogen (secondary N) is 2. The minimum Gasteiger partial charge on any atom is -0.378 e. The lowest BCUT2D eigenvalue weighted by atomic mass is 9.97. The van der Waals surface area contributed by atoms with Gasteiger partial charge in [-0.1, -0.05) is 12.1 Å². The molecule has 24 heavy (non-hydrogen) atoms. The Kier molecular flexibility index (Phi) is 5.05. The van der Waals surface area contributed by atoms with Crippen molar-refractivity contribution in [2.75, 3.05) is 37.4 Å². The highest BCUT2D eigenvalue weighted by molar-refractivity contribution is 5.91. The second kappa shape index (κ2) is 7.40. The molecule has 126 valence electrons. The number of anilines is 2. The molecule has 0 aliphatic carbocycles. The molecule has 0 unspecified atom stereocenters. The van der Waals surface area contributed by atoms with E-state index in [0.29, 0.717) is 11.6 Å². The first-order valence-corrected chi connectivity index (χ1v) is 8.26. The van der Waals surface area contributed by atoms with Crippen molar-refractivity contribution in [3.63, 3.8) is 0 Å². The minimum absolute atomic E-state index is 0.0446. The molecule has 0 atom stereocenters. The molecule has 2 N–H and O–H groups in total. The summed E-state index contributed by atoms with van der Waals surface area (Å²) in [6, 6.07) is 9.76. The number of nitrogens with zero attached hydrogens (tertiary/aromatic N) is 3. The predicted octanol–water partition coefficient (Wildman–Crippen LogP) is 2.15. The van der Waals surface area contributed by atoms with Crippen LogP contribution in [0.15, 0.2) is 36.5 Å². The normalized spacial score (nSPS) is 15.1. The van der Waals surface area contributed by atoms with Crippen LogP contribution in [-0.2, 0) is 4.79 Å². The van der Waals surface area contributed by atoms with Gasteiger partial charge in [-0.05, 0) is 44.1 Å². The van der Waals surface area contributed by atoms with Crippen LogP contribution in [0.3, 0.4) is 0 Å². The maximum atomic E-state index is 12.4. The molecule has 1 aliphatic heterocycles. The van der Waals surface area contributed by atoms with E-state index >= 15 is 0 Å². The van der Waals surface area contributed by atoms with E-state index in [0.717, 1.165) is 37.2 Å². The number of carbonyl (C=O) groups is 1. The van der Waals surface area contributed by atoms with Crippen molar-refractivity contribution in [2.45, 2.75) is 12.8 Å². The molecule has 1 aromatic carbocycles. The Morgan fingerprint density at radius 2 is 2.04 bits per heavy atom. The largest absolute Gasteiger partial charge is 0.378 e. The monoisotopic (exact) mass is 325 g/mol. The van der Waals surface area contributed by atoms with Gasteiger partial charge >= 0.3 is 0 Å². The topological polar surface area (TPSA) is 70.2 Å². The third kappa shape index (κ3) is 3.89. The van der Waals surface area contributed by atoms with Gasteiger partial charge < -0.3 is 15.5 Å². The number of aromatic nitrogens is 2. The number of rotatable bonds is 4. The van der Waals surface area contributed by atoms with E-state index in [4.69, 9.17) is 0 Å². The molecule has 0 bridgehead atoms. The molecule has 3 rings (SSSR count). The van der Waals surface area contributed by atoms with Crippen molar-refractivity contribution in [1.82, 2.24) is 15.3 Å². The van der Waals surface area contributed by atoms with E-state index in [1.54, 1.807) is 12.3 Å². The average molecular weight is 325 g/mol. The summed E-state index contributed by atoms with van der Waals surface area (Å²) in [4.78, 5) is 23.2. The first-order valence-electron chi connectivity index (χ1n) is 8.26. The molecule has 1 saturated heterocycles. The number of hydrogen-bond acceptors (Lipinski definition) is 5. The van der Waals surface area contributed by atoms with Gasteiger partial charge in [0.15, 0.2) is 5.82 Å². The minimum atomic E-state index is 0.0446. The summed E-state index contributed by atoms with van der Waals surface area (Å²) in [6.45, 7) is 1.79. The van der Waals surface area contributed by atoms with Gasteiger partial charge in [-0.2, -0.15) is 0 Å². The van der Waals surface area contributed by atoms with Gasteiger partial charge in [0, 0.05) is 37.5 Å². The zero-order valence-corrected chi connectivity index (χ0v) is 14.1. The second-order valence-electron chi connectivity index (χ2n) is 6.22. The maximum absolute atomic E-state index is 12.4. The van der Waals surface area contributed by atoms with Crippen LogP contribution in [0, 0.1) is 5.92 Å². The third-order valence-electron chi connectivity index (χ3n) is 4.24. The SMILES string of the molecule is CN(C)c1cccc(-c2nccc(NC(=O)C3CCNCC3)n2)c1. The summed E-state index contributed by atoms with van der Waals surface area (Å²) in [5.41, 5.74) is 2.01. The lowest BCUT2D eigenvalue weighted by molar-refractivity contribution is -0.120. The fraction of sp³-hybridized carbons (Fsp3) is 0.389. The lowest BCUT2D eigenvalue weighted by Gasteiger charge is -2.21. The van der Waals surface area contributed by atoms with Crippen LogP contribution in [0.2, 0.25) is 0 Å². The fourth-order valence-corrected chi connectivity index (χ4v) is 2.80. The van der Waals surface area contributed by atoms with Gasteiger partial charge in [-0.3, -0.25) is 4.79 Å². The Morgan fingerprint density at radius 3 is 2.79 bits per heavy atom. The van der Waals surface area contributed by atoms with Crippen molar-refractivity contribution in [3.8, 4) is 11.4 Å². The highest BCUT2D eigenvalue weighted by Crippen LogP contribution is 2.22. The first-order chi connectivity index (χ1) is 11.6. The highest BCUT2D eigenvalue weighted by Gasteiger charge is 2.21. The van der Waals surface area contributed by atoms with E-state index in [-0.39, 0.29) is 11.8 Å². The Balaban J connectivity index is 1.76. The lowest BCUT2D eigenvalue weighted by Crippen LogP contribution is -2.34. The van der Waals surface area contributed by atoms with Crippen molar-refractivity contribution in [2.24, 2.45) is 5.92 Å². The van der Waals surface area contributed by atoms with Crippen LogP contribution in [0.5, 0.6) is 0 Å². The smallest absolute Gasteiger partial charge is 0.228 e. The quantitative estimate of drug-likeness (QED) is 0.901. The standard InChI is InChI=1S/C18H23N5O/c1-23(2)15-5-3-4-14(12-15)17-20-11-8-16(21-17)22-18(24)13-6-9-19-10-7-13/h3-5,8,11-13,19H,6-7,9-10H2,1-2H3,(H,20,21,22,24). The Morgan fingerprint density at radius 1 is 1.25 bits per heavy atom. The Bertz CT molecular complexity index is 710. The van der Waals surface area contributed by atoms with Gasteiger partial charge in [-0.25, -0.2) is 9.97 Å². The van der Waals surface area contributed by atoms with Gasteiger partial charge in [0.05, 0.1) is 0 Å². The molecule has 1 amide bonds. The highest BCUT2D eigenvalue weighted by atomic mass is 16.1. The van der Waals surface area contributed by atoms with E-state index in [1.807, 2.05) is 43.3 Å². The van der Waals surface area contributed by atoms with Crippen molar-refractivity contribution >= 4 is 17.4 Å². The summed E-state index contributed by atoms with van der Waals surface area (Å²) in [7, 11) is 3.99. The molecular formula is C18H23N5O. The Labute approximate surface area is 142 Å². The first kappa shape index (κ1) is 16.4. The van der Waals surface area contributed by atoms with Crippen LogP contribution >= 0.6 is 0 Å². The summed E-state index contributed by atoms with van der Waals surface area (Å²) in [6.07, 6.45) is 3.42. The van der Waals surface area contributed by atoms with E-state index in [9.17, 15) is 4.79 Å². The number of carbonyl (C=O) groups excluding carboxylic acids is 1. The summed E-state index contributed by atoms with van der Waals surface area (Å²) in [5.74, 6) is 1.27. The number of amides is 1. The molecule has 1 aromatic heterocycles. The van der Waals surface area contributed by atoms with Crippen LogP contribution in [0.4, 0.5) is 11.5 Å². The molecule has 1 fully saturated rings. The number of benzene rings is 1. The van der Waals surface area contributed by atoms with Crippen molar-refractivity contribution in [3.05, 3.63) is 36.5 Å². The summed E-state index contributed by atoms with van der Waals surface area (Å²) >= 11 is 0. The molecule has 2 heterocycles. The molecule has 2 aromatic rings. The summed E-state index contributed by atoms with van der Waals surface area (Å²) < 4.78 is 0. The van der Waals surface area contributed by atoms with Crippen molar-refractivity contribution in [1.29, 1.82) is 0 Å². The van der Waals surface area contributed by atoms with Gasteiger partial charge in [0.2, 0.25) is 5.91 Å². The third-order valence-corrected chi connectivity index (χ3v) is 4.24. The van der Waals surface area contributed by atoms with Gasteiger partial charge in [0.1, 0.15) is 5.82 Å². The van der Waals surface area contributed by atoms with Gasteiger partial charge in [0.25, 0.3) is 0 Å². The molecular weight excluding hydrogens is 302 g/mol. The zero-order valence-electron chi connectivity index (χ0n) is 14.1. The van der Waals surface area contributed by atoms with E-state index in [2.05, 4.69) is 20.6 Å². The Hall–Kier alpha value is -2.47. The molecule has 6 nitrogen and oxygen atoms in total. The molecule has 0 saturated carbocycles. The van der Waals surface area contributed by atoms with Crippen LogP contribution < -0.4 is 15.5 Å². The van der Waals surface area contributed by atoms with Gasteiger partial charge in [-0.15, -0.1) is 0 Å². The van der Waals surface area contributed by atoms with Crippen molar-refractivity contribution < 1.29 is 4.79 Å². The molecule has 0 radical (unpaired) electrons. The molecule has 0 spiro atoms. The van der Waals surface area contributed by atoms with E-state index < -0.39 is 0 Å². The molecule has 6 heteroatoms. The average Bonchev–Trinajstić information content (AvgIpc) is 2.63. The number of hydrogen-bond donors (Lipinski definition) is 2.